The second-order valence-corrected chi connectivity index (χ2v) is 14.9. The van der Waals surface area contributed by atoms with Crippen LogP contribution in [0.5, 0.6) is 17.4 Å². The zero-order chi connectivity index (χ0) is 39.8. The summed E-state index contributed by atoms with van der Waals surface area (Å²) in [7, 11) is 2.09. The molecular weight excluding hydrogens is 769 g/mol. The molecule has 11 nitrogen and oxygen atoms in total. The molecule has 1 atom stereocenters. The summed E-state index contributed by atoms with van der Waals surface area (Å²) >= 11 is 7.27. The van der Waals surface area contributed by atoms with Gasteiger partial charge in [-0.15, -0.1) is 11.3 Å². The number of rotatable bonds is 17. The van der Waals surface area contributed by atoms with Gasteiger partial charge >= 0.3 is 12.1 Å². The van der Waals surface area contributed by atoms with Crippen molar-refractivity contribution >= 4 is 39.1 Å². The fourth-order valence-corrected chi connectivity index (χ4v) is 7.78. The molecule has 0 aliphatic carbocycles. The average Bonchev–Trinajstić information content (AvgIpc) is 3.81. The molecule has 3 aromatic heterocycles. The number of piperazine rings is 1. The molecule has 2 aromatic carbocycles. The number of aromatic nitrogens is 4. The second-order valence-electron chi connectivity index (χ2n) is 13.6. The van der Waals surface area contributed by atoms with E-state index in [4.69, 9.17) is 30.5 Å². The van der Waals surface area contributed by atoms with Gasteiger partial charge in [0.25, 0.3) is 0 Å². The minimum absolute atomic E-state index is 0.00639. The number of thiophene rings is 1. The molecule has 0 unspecified atom stereocenters. The summed E-state index contributed by atoms with van der Waals surface area (Å²) in [6, 6.07) is 12.2. The van der Waals surface area contributed by atoms with Crippen LogP contribution in [0.2, 0.25) is 5.02 Å². The maximum atomic E-state index is 14.8. The number of fused-ring (bicyclic) bond motifs is 1. The zero-order valence-electron chi connectivity index (χ0n) is 31.9. The quantitative estimate of drug-likeness (QED) is 0.0856. The summed E-state index contributed by atoms with van der Waals surface area (Å²) in [6.45, 7) is 11.3. The number of hydrogen-bond donors (Lipinski definition) is 0. The van der Waals surface area contributed by atoms with E-state index >= 15 is 0 Å². The number of likely N-dealkylation sites (N-methyl/N-ethyl adjacent to an activating group) is 1. The number of alkyl halides is 3. The third-order valence-electron chi connectivity index (χ3n) is 9.68. The van der Waals surface area contributed by atoms with Gasteiger partial charge in [0.15, 0.2) is 0 Å². The first-order chi connectivity index (χ1) is 27.0. The standard InChI is InChI=1S/C40H46ClF3N6O5S/c1-5-7-16-50-28(14-15-47-50)24-54-30-11-9-8-10-27(30)23-32(39(51)52-6-2)55-37-34-33(36(40(42,43)44)56-38(34)46-25-45-37)29-12-13-31(35(41)26(29)3)53-22-21-49-19-17-48(4)18-20-49/h8-15,25,32H,5-7,16-24H2,1-4H3/t32-/m1/s1. The normalized spacial score (nSPS) is 14.6. The first-order valence-corrected chi connectivity index (χ1v) is 19.9. The van der Waals surface area contributed by atoms with E-state index in [0.717, 1.165) is 57.6 Å². The van der Waals surface area contributed by atoms with E-state index in [0.29, 0.717) is 47.1 Å². The SMILES string of the molecule is CCCCn1nccc1COc1ccccc1C[C@@H](Oc1ncnc2sc(C(F)(F)F)c(-c3ccc(OCCN4CCN(C)CC4)c(Cl)c3C)c12)C(=O)OCC. The van der Waals surface area contributed by atoms with Crippen LogP contribution in [-0.2, 0) is 35.3 Å². The average molecular weight is 815 g/mol. The van der Waals surface area contributed by atoms with Gasteiger partial charge < -0.3 is 23.8 Å². The molecule has 1 aliphatic rings. The maximum Gasteiger partial charge on any atom is 0.426 e. The van der Waals surface area contributed by atoms with Gasteiger partial charge in [0.05, 0.1) is 22.7 Å². The molecule has 0 bridgehead atoms. The molecule has 1 aliphatic heterocycles. The van der Waals surface area contributed by atoms with Gasteiger partial charge in [0.1, 0.15) is 40.7 Å². The van der Waals surface area contributed by atoms with Crippen LogP contribution >= 0.6 is 22.9 Å². The number of carbonyl (C=O) groups is 1. The lowest BCUT2D eigenvalue weighted by Gasteiger charge is -2.32. The van der Waals surface area contributed by atoms with Crippen molar-refractivity contribution in [2.45, 2.75) is 65.5 Å². The maximum absolute atomic E-state index is 14.8. The predicted molar refractivity (Wildman–Crippen MR) is 210 cm³/mol. The molecule has 4 heterocycles. The van der Waals surface area contributed by atoms with Crippen molar-refractivity contribution in [3.05, 3.63) is 81.7 Å². The van der Waals surface area contributed by atoms with E-state index in [2.05, 4.69) is 38.8 Å². The van der Waals surface area contributed by atoms with E-state index in [1.54, 1.807) is 50.4 Å². The molecule has 0 radical (unpaired) electrons. The number of aryl methyl sites for hydroxylation is 1. The molecular formula is C40H46ClF3N6O5S. The lowest BCUT2D eigenvalue weighted by atomic mass is 9.98. The summed E-state index contributed by atoms with van der Waals surface area (Å²) in [6.07, 6.45) is -1.23. The van der Waals surface area contributed by atoms with Crippen molar-refractivity contribution in [2.75, 3.05) is 53.0 Å². The Kier molecular flexibility index (Phi) is 13.7. The van der Waals surface area contributed by atoms with Crippen molar-refractivity contribution in [3.63, 3.8) is 0 Å². The summed E-state index contributed by atoms with van der Waals surface area (Å²) in [5, 5.41) is 4.60. The molecule has 300 valence electrons. The Balaban J connectivity index is 1.30. The predicted octanol–water partition coefficient (Wildman–Crippen LogP) is 8.09. The Morgan fingerprint density at radius 1 is 1.00 bits per heavy atom. The van der Waals surface area contributed by atoms with Gasteiger partial charge in [0, 0.05) is 57.4 Å². The van der Waals surface area contributed by atoms with Gasteiger partial charge in [0.2, 0.25) is 12.0 Å². The number of ether oxygens (including phenoxy) is 4. The number of hydrogen-bond acceptors (Lipinski definition) is 11. The monoisotopic (exact) mass is 814 g/mol. The van der Waals surface area contributed by atoms with Crippen LogP contribution in [-0.4, -0.2) is 94.6 Å². The fraction of sp³-hybridized carbons (Fsp3) is 0.450. The van der Waals surface area contributed by atoms with Gasteiger partial charge in [-0.3, -0.25) is 9.58 Å². The van der Waals surface area contributed by atoms with E-state index in [-0.39, 0.29) is 51.9 Å². The molecule has 0 amide bonds. The highest BCUT2D eigenvalue weighted by molar-refractivity contribution is 7.19. The van der Waals surface area contributed by atoms with Crippen LogP contribution in [0.3, 0.4) is 0 Å². The molecule has 0 saturated carbocycles. The lowest BCUT2D eigenvalue weighted by Crippen LogP contribution is -2.45. The van der Waals surface area contributed by atoms with Crippen molar-refractivity contribution in [2.24, 2.45) is 0 Å². The molecule has 6 rings (SSSR count). The highest BCUT2D eigenvalue weighted by Crippen LogP contribution is 2.50. The van der Waals surface area contributed by atoms with E-state index in [9.17, 15) is 18.0 Å². The third-order valence-corrected chi connectivity index (χ3v) is 11.3. The van der Waals surface area contributed by atoms with E-state index < -0.39 is 23.1 Å². The summed E-state index contributed by atoms with van der Waals surface area (Å²) < 4.78 is 70.3. The Morgan fingerprint density at radius 2 is 1.79 bits per heavy atom. The Bertz CT molecular complexity index is 2100. The van der Waals surface area contributed by atoms with Crippen molar-refractivity contribution in [1.82, 2.24) is 29.5 Å². The van der Waals surface area contributed by atoms with Crippen LogP contribution in [0.15, 0.2) is 55.0 Å². The molecule has 16 heteroatoms. The van der Waals surface area contributed by atoms with E-state index in [1.807, 2.05) is 16.8 Å². The number of halogens is 4. The number of nitrogens with zero attached hydrogens (tertiary/aromatic N) is 6. The number of para-hydroxylation sites is 1. The highest BCUT2D eigenvalue weighted by atomic mass is 35.5. The molecule has 1 saturated heterocycles. The first-order valence-electron chi connectivity index (χ1n) is 18.7. The molecule has 5 aromatic rings. The second kappa shape index (κ2) is 18.7. The lowest BCUT2D eigenvalue weighted by molar-refractivity contribution is -0.151. The highest BCUT2D eigenvalue weighted by Gasteiger charge is 2.40. The Hall–Kier alpha value is -4.44. The number of benzene rings is 2. The minimum atomic E-state index is -4.75. The molecule has 1 fully saturated rings. The number of carbonyl (C=O) groups excluding carboxylic acids is 1. The zero-order valence-corrected chi connectivity index (χ0v) is 33.5. The Labute approximate surface area is 333 Å². The van der Waals surface area contributed by atoms with Gasteiger partial charge in [-0.05, 0) is 62.2 Å². The van der Waals surface area contributed by atoms with Crippen LogP contribution < -0.4 is 14.2 Å². The van der Waals surface area contributed by atoms with Gasteiger partial charge in [-0.25, -0.2) is 14.8 Å². The van der Waals surface area contributed by atoms with Crippen LogP contribution in [0.25, 0.3) is 21.3 Å². The van der Waals surface area contributed by atoms with Crippen LogP contribution in [0.1, 0.15) is 48.4 Å². The summed E-state index contributed by atoms with van der Waals surface area (Å²) in [4.78, 5) is 25.7. The summed E-state index contributed by atoms with van der Waals surface area (Å²) in [5.74, 6) is -0.0300. The van der Waals surface area contributed by atoms with Gasteiger partial charge in [-0.1, -0.05) is 49.2 Å². The number of unbranched alkanes of at least 4 members (excludes halogenated alkanes) is 1. The Morgan fingerprint density at radius 3 is 2.54 bits per heavy atom. The summed E-state index contributed by atoms with van der Waals surface area (Å²) in [5.41, 5.74) is 1.92. The van der Waals surface area contributed by atoms with Crippen LogP contribution in [0.4, 0.5) is 13.2 Å². The molecule has 56 heavy (non-hydrogen) atoms. The van der Waals surface area contributed by atoms with E-state index in [1.165, 1.54) is 0 Å². The number of esters is 1. The van der Waals surface area contributed by atoms with Crippen LogP contribution in [0, 0.1) is 6.92 Å². The minimum Gasteiger partial charge on any atom is -0.491 e. The smallest absolute Gasteiger partial charge is 0.426 e. The third kappa shape index (κ3) is 9.74. The van der Waals surface area contributed by atoms with Gasteiger partial charge in [-0.2, -0.15) is 18.3 Å². The fourth-order valence-electron chi connectivity index (χ4n) is 6.55. The first kappa shape index (κ1) is 41.2. The topological polar surface area (TPSA) is 104 Å². The molecule has 0 N–H and O–H groups in total. The largest absolute Gasteiger partial charge is 0.491 e. The van der Waals surface area contributed by atoms with Crippen molar-refractivity contribution < 1.29 is 36.9 Å². The van der Waals surface area contributed by atoms with Crippen molar-refractivity contribution in [3.8, 4) is 28.5 Å². The molecule has 0 spiro atoms. The van der Waals surface area contributed by atoms with Crippen molar-refractivity contribution in [1.29, 1.82) is 0 Å².